The molecule has 0 atom stereocenters. The summed E-state index contributed by atoms with van der Waals surface area (Å²) in [6.45, 7) is 0.450. The maximum absolute atomic E-state index is 11.6. The molecule has 0 spiro atoms. The summed E-state index contributed by atoms with van der Waals surface area (Å²) in [7, 11) is 1.55. The Hall–Kier alpha value is -1.03. The van der Waals surface area contributed by atoms with Crippen molar-refractivity contribution < 1.29 is 14.3 Å². The number of carbonyl (C=O) groups excluding carboxylic acids is 1. The van der Waals surface area contributed by atoms with E-state index in [9.17, 15) is 4.79 Å². The van der Waals surface area contributed by atoms with Crippen LogP contribution in [0.5, 0.6) is 11.5 Å². The molecule has 1 heterocycles. The molecular weight excluding hydrogens is 248 g/mol. The molecule has 1 aliphatic rings. The van der Waals surface area contributed by atoms with Crippen molar-refractivity contribution in [2.24, 2.45) is 0 Å². The van der Waals surface area contributed by atoms with Crippen LogP contribution in [0.25, 0.3) is 0 Å². The van der Waals surface area contributed by atoms with Gasteiger partial charge in [0.2, 0.25) is 0 Å². The zero-order valence-corrected chi connectivity index (χ0v) is 9.26. The molecule has 74 valence electrons. The Morgan fingerprint density at radius 1 is 1.50 bits per heavy atom. The number of hydrogen-bond donors (Lipinski definition) is 0. The number of benzene rings is 1. The van der Waals surface area contributed by atoms with Crippen molar-refractivity contribution in [3.8, 4) is 11.5 Å². The molecule has 0 bridgehead atoms. The van der Waals surface area contributed by atoms with Crippen molar-refractivity contribution in [1.82, 2.24) is 0 Å². The summed E-state index contributed by atoms with van der Waals surface area (Å²) >= 11 is 3.33. The number of hydrogen-bond acceptors (Lipinski definition) is 3. The maximum Gasteiger partial charge on any atom is 0.173 e. The highest BCUT2D eigenvalue weighted by atomic mass is 79.9. The summed E-state index contributed by atoms with van der Waals surface area (Å²) in [5, 5.41) is 0. The summed E-state index contributed by atoms with van der Waals surface area (Å²) in [6.07, 6.45) is 0.422. The van der Waals surface area contributed by atoms with Crippen LogP contribution in [0.2, 0.25) is 0 Å². The molecule has 0 unspecified atom stereocenters. The van der Waals surface area contributed by atoms with Crippen molar-refractivity contribution in [2.75, 3.05) is 13.7 Å². The van der Waals surface area contributed by atoms with E-state index in [2.05, 4.69) is 15.9 Å². The summed E-state index contributed by atoms with van der Waals surface area (Å²) in [6, 6.07) is 3.56. The predicted molar refractivity (Wildman–Crippen MR) is 55.1 cm³/mol. The summed E-state index contributed by atoms with van der Waals surface area (Å²) < 4.78 is 11.4. The summed E-state index contributed by atoms with van der Waals surface area (Å²) in [4.78, 5) is 11.6. The number of fused-ring (bicyclic) bond motifs is 1. The third-order valence-electron chi connectivity index (χ3n) is 2.12. The smallest absolute Gasteiger partial charge is 0.173 e. The normalized spacial score (nSPS) is 14.6. The number of rotatable bonds is 1. The Balaban J connectivity index is 2.61. The number of methoxy groups -OCH3 is 1. The van der Waals surface area contributed by atoms with Gasteiger partial charge in [0.15, 0.2) is 5.78 Å². The molecule has 0 aliphatic carbocycles. The third kappa shape index (κ3) is 1.50. The van der Waals surface area contributed by atoms with E-state index in [1.54, 1.807) is 19.2 Å². The first-order valence-electron chi connectivity index (χ1n) is 4.26. The van der Waals surface area contributed by atoms with E-state index in [1.165, 1.54) is 0 Å². The molecule has 2 rings (SSSR count). The molecule has 0 N–H and O–H groups in total. The minimum atomic E-state index is 0.0793. The highest BCUT2D eigenvalue weighted by molar-refractivity contribution is 9.10. The Bertz CT molecular complexity index is 370. The van der Waals surface area contributed by atoms with Crippen LogP contribution >= 0.6 is 15.9 Å². The van der Waals surface area contributed by atoms with Gasteiger partial charge < -0.3 is 9.47 Å². The fourth-order valence-corrected chi connectivity index (χ4v) is 1.90. The lowest BCUT2D eigenvalue weighted by atomic mass is 10.0. The number of Topliss-reactive ketones (excluding diaryl/α,β-unsaturated/α-hetero) is 1. The zero-order chi connectivity index (χ0) is 10.1. The molecule has 0 radical (unpaired) electrons. The van der Waals surface area contributed by atoms with Gasteiger partial charge in [0, 0.05) is 10.9 Å². The largest absolute Gasteiger partial charge is 0.496 e. The molecule has 1 aliphatic heterocycles. The van der Waals surface area contributed by atoms with Crippen molar-refractivity contribution >= 4 is 21.7 Å². The molecule has 14 heavy (non-hydrogen) atoms. The standard InChI is InChI=1S/C10H9BrO3/c1-13-8-4-6(11)5-9-10(8)7(12)2-3-14-9/h4-5H,2-3H2,1H3. The minimum absolute atomic E-state index is 0.0793. The third-order valence-corrected chi connectivity index (χ3v) is 2.57. The lowest BCUT2D eigenvalue weighted by Gasteiger charge is -2.18. The van der Waals surface area contributed by atoms with Gasteiger partial charge in [-0.1, -0.05) is 15.9 Å². The van der Waals surface area contributed by atoms with E-state index in [-0.39, 0.29) is 5.78 Å². The van der Waals surface area contributed by atoms with E-state index in [1.807, 2.05) is 0 Å². The molecule has 0 fully saturated rings. The molecule has 0 saturated carbocycles. The highest BCUT2D eigenvalue weighted by Crippen LogP contribution is 2.35. The van der Waals surface area contributed by atoms with Gasteiger partial charge in [0.1, 0.15) is 17.1 Å². The average Bonchev–Trinajstić information content (AvgIpc) is 2.16. The van der Waals surface area contributed by atoms with Gasteiger partial charge in [0.25, 0.3) is 0 Å². The first kappa shape index (κ1) is 9.52. The SMILES string of the molecule is COc1cc(Br)cc2c1C(=O)CCO2. The Kier molecular flexibility index (Phi) is 2.46. The van der Waals surface area contributed by atoms with Gasteiger partial charge in [-0.15, -0.1) is 0 Å². The number of halogens is 1. The van der Waals surface area contributed by atoms with E-state index in [0.29, 0.717) is 30.1 Å². The Morgan fingerprint density at radius 3 is 3.00 bits per heavy atom. The van der Waals surface area contributed by atoms with Crippen LogP contribution < -0.4 is 9.47 Å². The van der Waals surface area contributed by atoms with E-state index < -0.39 is 0 Å². The van der Waals surface area contributed by atoms with E-state index >= 15 is 0 Å². The molecule has 3 nitrogen and oxygen atoms in total. The Labute approximate surface area is 90.1 Å². The second-order valence-corrected chi connectivity index (χ2v) is 3.92. The lowest BCUT2D eigenvalue weighted by Crippen LogP contribution is -2.16. The van der Waals surface area contributed by atoms with Crippen LogP contribution in [0, 0.1) is 0 Å². The van der Waals surface area contributed by atoms with E-state index in [4.69, 9.17) is 9.47 Å². The van der Waals surface area contributed by atoms with Gasteiger partial charge in [0.05, 0.1) is 13.7 Å². The summed E-state index contributed by atoms with van der Waals surface area (Å²) in [5.74, 6) is 1.25. The van der Waals surface area contributed by atoms with Gasteiger partial charge in [-0.25, -0.2) is 0 Å². The van der Waals surface area contributed by atoms with Crippen molar-refractivity contribution in [3.05, 3.63) is 22.2 Å². The fraction of sp³-hybridized carbons (Fsp3) is 0.300. The average molecular weight is 257 g/mol. The van der Waals surface area contributed by atoms with Gasteiger partial charge >= 0.3 is 0 Å². The Morgan fingerprint density at radius 2 is 2.29 bits per heavy atom. The molecule has 1 aromatic carbocycles. The highest BCUT2D eigenvalue weighted by Gasteiger charge is 2.23. The van der Waals surface area contributed by atoms with Crippen LogP contribution in [0.4, 0.5) is 0 Å². The zero-order valence-electron chi connectivity index (χ0n) is 7.67. The minimum Gasteiger partial charge on any atom is -0.496 e. The molecule has 4 heteroatoms. The van der Waals surface area contributed by atoms with Crippen LogP contribution in [-0.4, -0.2) is 19.5 Å². The fourth-order valence-electron chi connectivity index (χ4n) is 1.49. The van der Waals surface area contributed by atoms with Crippen LogP contribution in [0.1, 0.15) is 16.8 Å². The quantitative estimate of drug-likeness (QED) is 0.775. The molecular formula is C10H9BrO3. The van der Waals surface area contributed by atoms with Gasteiger partial charge in [-0.05, 0) is 12.1 Å². The first-order valence-corrected chi connectivity index (χ1v) is 5.05. The number of ether oxygens (including phenoxy) is 2. The molecule has 1 aromatic rings. The second-order valence-electron chi connectivity index (χ2n) is 3.00. The topological polar surface area (TPSA) is 35.5 Å². The van der Waals surface area contributed by atoms with Gasteiger partial charge in [-0.2, -0.15) is 0 Å². The first-order chi connectivity index (χ1) is 6.72. The van der Waals surface area contributed by atoms with Crippen LogP contribution in [-0.2, 0) is 0 Å². The monoisotopic (exact) mass is 256 g/mol. The second kappa shape index (κ2) is 3.61. The van der Waals surface area contributed by atoms with Crippen molar-refractivity contribution in [1.29, 1.82) is 0 Å². The number of carbonyl (C=O) groups is 1. The lowest BCUT2D eigenvalue weighted by molar-refractivity contribution is 0.0929. The number of ketones is 1. The van der Waals surface area contributed by atoms with Crippen LogP contribution in [0.3, 0.4) is 0 Å². The van der Waals surface area contributed by atoms with Crippen molar-refractivity contribution in [2.45, 2.75) is 6.42 Å². The maximum atomic E-state index is 11.6. The van der Waals surface area contributed by atoms with Crippen molar-refractivity contribution in [3.63, 3.8) is 0 Å². The summed E-state index contributed by atoms with van der Waals surface area (Å²) in [5.41, 5.74) is 0.557. The van der Waals surface area contributed by atoms with Crippen LogP contribution in [0.15, 0.2) is 16.6 Å². The molecule has 0 amide bonds. The molecule has 0 saturated heterocycles. The van der Waals surface area contributed by atoms with E-state index in [0.717, 1.165) is 4.47 Å². The molecule has 0 aromatic heterocycles. The van der Waals surface area contributed by atoms with Gasteiger partial charge in [-0.3, -0.25) is 4.79 Å². The predicted octanol–water partition coefficient (Wildman–Crippen LogP) is 2.42.